The van der Waals surface area contributed by atoms with E-state index in [1.165, 1.54) is 0 Å². The first-order valence-corrected chi connectivity index (χ1v) is 9.62. The highest BCUT2D eigenvalue weighted by atomic mass is 16.2. The third-order valence-corrected chi connectivity index (χ3v) is 5.32. The third-order valence-electron chi connectivity index (χ3n) is 5.32. The van der Waals surface area contributed by atoms with Crippen LogP contribution in [0, 0.1) is 0 Å². The predicted octanol–water partition coefficient (Wildman–Crippen LogP) is 3.49. The van der Waals surface area contributed by atoms with Crippen molar-refractivity contribution in [2.45, 2.75) is 38.6 Å². The molecular weight excluding hydrogens is 354 g/mol. The molecule has 3 aromatic rings. The van der Waals surface area contributed by atoms with Crippen LogP contribution in [0.5, 0.6) is 0 Å². The van der Waals surface area contributed by atoms with E-state index in [2.05, 4.69) is 10.4 Å². The number of amides is 2. The molecule has 2 amide bonds. The second-order valence-electron chi connectivity index (χ2n) is 7.75. The van der Waals surface area contributed by atoms with Gasteiger partial charge in [0.1, 0.15) is 6.54 Å². The molecule has 2 aliphatic rings. The summed E-state index contributed by atoms with van der Waals surface area (Å²) in [5.41, 5.74) is 3.59. The fourth-order valence-electron chi connectivity index (χ4n) is 3.74. The summed E-state index contributed by atoms with van der Waals surface area (Å²) in [7, 11) is 0. The van der Waals surface area contributed by atoms with E-state index in [9.17, 15) is 9.59 Å². The van der Waals surface area contributed by atoms with Crippen LogP contribution >= 0.6 is 0 Å². The van der Waals surface area contributed by atoms with E-state index in [-0.39, 0.29) is 24.4 Å². The van der Waals surface area contributed by atoms with E-state index < -0.39 is 0 Å². The lowest BCUT2D eigenvalue weighted by Crippen LogP contribution is -2.42. The number of nitrogens with zero attached hydrogens (tertiary/aromatic N) is 4. The van der Waals surface area contributed by atoms with Crippen LogP contribution in [0.4, 0.5) is 11.4 Å². The number of anilines is 2. The Labute approximate surface area is 162 Å². The number of nitrogens with one attached hydrogen (secondary N) is 1. The minimum Gasteiger partial charge on any atom is -0.323 e. The summed E-state index contributed by atoms with van der Waals surface area (Å²) >= 11 is 0. The summed E-state index contributed by atoms with van der Waals surface area (Å²) in [6, 6.07) is 9.40. The summed E-state index contributed by atoms with van der Waals surface area (Å²) in [5, 5.41) is 8.03. The van der Waals surface area contributed by atoms with Gasteiger partial charge in [-0.25, -0.2) is 9.67 Å². The van der Waals surface area contributed by atoms with Crippen LogP contribution in [-0.4, -0.2) is 33.1 Å². The van der Waals surface area contributed by atoms with Crippen molar-refractivity contribution < 1.29 is 9.59 Å². The maximum atomic E-state index is 13.6. The van der Waals surface area contributed by atoms with Gasteiger partial charge in [-0.15, -0.1) is 0 Å². The van der Waals surface area contributed by atoms with Gasteiger partial charge >= 0.3 is 0 Å². The number of pyridine rings is 1. The average molecular weight is 375 g/mol. The van der Waals surface area contributed by atoms with E-state index in [1.54, 1.807) is 17.2 Å². The number of benzene rings is 1. The molecule has 142 valence electrons. The third kappa shape index (κ3) is 2.66. The van der Waals surface area contributed by atoms with Gasteiger partial charge in [-0.05, 0) is 44.9 Å². The second-order valence-corrected chi connectivity index (χ2v) is 7.75. The highest BCUT2D eigenvalue weighted by Crippen LogP contribution is 2.41. The molecule has 1 aliphatic carbocycles. The van der Waals surface area contributed by atoms with E-state index >= 15 is 0 Å². The zero-order valence-corrected chi connectivity index (χ0v) is 15.8. The number of carbonyl (C=O) groups excluding carboxylic acids is 2. The van der Waals surface area contributed by atoms with Crippen molar-refractivity contribution in [3.05, 3.63) is 47.8 Å². The zero-order chi connectivity index (χ0) is 19.4. The van der Waals surface area contributed by atoms with Gasteiger partial charge in [0.25, 0.3) is 5.91 Å². The summed E-state index contributed by atoms with van der Waals surface area (Å²) in [6.07, 6.45) is 3.90. The van der Waals surface area contributed by atoms with Crippen molar-refractivity contribution in [2.75, 3.05) is 16.8 Å². The molecule has 28 heavy (non-hydrogen) atoms. The van der Waals surface area contributed by atoms with Crippen LogP contribution in [0.25, 0.3) is 11.0 Å². The molecular formula is C21H21N5O2. The quantitative estimate of drug-likeness (QED) is 0.760. The van der Waals surface area contributed by atoms with Crippen molar-refractivity contribution in [3.63, 3.8) is 0 Å². The highest BCUT2D eigenvalue weighted by molar-refractivity contribution is 6.18. The molecule has 3 heterocycles. The van der Waals surface area contributed by atoms with Crippen LogP contribution in [0.3, 0.4) is 0 Å². The Hall–Kier alpha value is -3.22. The van der Waals surface area contributed by atoms with Crippen LogP contribution in [0.1, 0.15) is 54.7 Å². The molecule has 0 atom stereocenters. The minimum atomic E-state index is -0.197. The fourth-order valence-corrected chi connectivity index (χ4v) is 3.74. The Morgan fingerprint density at radius 1 is 1.25 bits per heavy atom. The van der Waals surface area contributed by atoms with Gasteiger partial charge in [0.15, 0.2) is 5.65 Å². The number of hydrogen-bond donors (Lipinski definition) is 1. The van der Waals surface area contributed by atoms with Crippen LogP contribution < -0.4 is 10.2 Å². The van der Waals surface area contributed by atoms with Gasteiger partial charge in [0.05, 0.1) is 28.5 Å². The summed E-state index contributed by atoms with van der Waals surface area (Å²) in [4.78, 5) is 32.1. The Balaban J connectivity index is 1.67. The minimum absolute atomic E-state index is 0.00323. The van der Waals surface area contributed by atoms with Crippen molar-refractivity contribution >= 4 is 34.2 Å². The molecule has 0 radical (unpaired) electrons. The number of rotatable bonds is 3. The Morgan fingerprint density at radius 3 is 2.79 bits per heavy atom. The largest absolute Gasteiger partial charge is 0.323 e. The average Bonchev–Trinajstić information content (AvgIpc) is 3.44. The molecule has 7 heteroatoms. The Morgan fingerprint density at radius 2 is 2.04 bits per heavy atom. The van der Waals surface area contributed by atoms with Crippen molar-refractivity contribution in [1.82, 2.24) is 14.8 Å². The molecule has 7 nitrogen and oxygen atoms in total. The van der Waals surface area contributed by atoms with Crippen LogP contribution in [0.2, 0.25) is 0 Å². The molecule has 0 spiro atoms. The molecule has 0 saturated heterocycles. The zero-order valence-electron chi connectivity index (χ0n) is 15.8. The highest BCUT2D eigenvalue weighted by Gasteiger charge is 2.32. The van der Waals surface area contributed by atoms with Crippen LogP contribution in [0.15, 0.2) is 36.5 Å². The van der Waals surface area contributed by atoms with E-state index in [0.717, 1.165) is 29.6 Å². The maximum absolute atomic E-state index is 13.6. The van der Waals surface area contributed by atoms with Crippen molar-refractivity contribution in [1.29, 1.82) is 0 Å². The first-order valence-electron chi connectivity index (χ1n) is 9.62. The van der Waals surface area contributed by atoms with E-state index in [1.807, 2.05) is 42.8 Å². The normalized spacial score (nSPS) is 16.4. The molecule has 2 aromatic heterocycles. The molecule has 1 saturated carbocycles. The maximum Gasteiger partial charge on any atom is 0.259 e. The lowest BCUT2D eigenvalue weighted by atomic mass is 10.1. The number of carbonyl (C=O) groups is 2. The van der Waals surface area contributed by atoms with Gasteiger partial charge in [-0.2, -0.15) is 5.10 Å². The molecule has 1 fully saturated rings. The summed E-state index contributed by atoms with van der Waals surface area (Å²) < 4.78 is 1.86. The SMILES string of the molecule is CC(C)n1ncc2c(C(=O)N3CC(=O)Nc4ccccc43)cc(C3CC3)nc21. The van der Waals surface area contributed by atoms with Crippen LogP contribution in [-0.2, 0) is 4.79 Å². The fraction of sp³-hybridized carbons (Fsp3) is 0.333. The first-order chi connectivity index (χ1) is 13.5. The Kier molecular flexibility index (Phi) is 3.72. The number of fused-ring (bicyclic) bond motifs is 2. The van der Waals surface area contributed by atoms with Gasteiger partial charge in [0, 0.05) is 17.7 Å². The first kappa shape index (κ1) is 16.9. The summed E-state index contributed by atoms with van der Waals surface area (Å²) in [5.74, 6) is 0.0148. The van der Waals surface area contributed by atoms with Crippen molar-refractivity contribution in [3.8, 4) is 0 Å². The Bertz CT molecular complexity index is 1110. The van der Waals surface area contributed by atoms with Crippen molar-refractivity contribution in [2.24, 2.45) is 0 Å². The second kappa shape index (κ2) is 6.15. The molecule has 1 N–H and O–H groups in total. The topological polar surface area (TPSA) is 80.1 Å². The smallest absolute Gasteiger partial charge is 0.259 e. The number of hydrogen-bond acceptors (Lipinski definition) is 4. The molecule has 5 rings (SSSR count). The predicted molar refractivity (Wildman–Crippen MR) is 107 cm³/mol. The van der Waals surface area contributed by atoms with Gasteiger partial charge in [-0.3, -0.25) is 14.5 Å². The lowest BCUT2D eigenvalue weighted by molar-refractivity contribution is -0.115. The van der Waals surface area contributed by atoms with Gasteiger partial charge < -0.3 is 5.32 Å². The number of aromatic nitrogens is 3. The molecule has 1 aliphatic heterocycles. The van der Waals surface area contributed by atoms with E-state index in [0.29, 0.717) is 22.9 Å². The van der Waals surface area contributed by atoms with E-state index in [4.69, 9.17) is 4.98 Å². The summed E-state index contributed by atoms with van der Waals surface area (Å²) in [6.45, 7) is 4.09. The number of para-hydroxylation sites is 2. The molecule has 1 aromatic carbocycles. The van der Waals surface area contributed by atoms with Gasteiger partial charge in [-0.1, -0.05) is 12.1 Å². The standard InChI is InChI=1S/C21H21N5O2/c1-12(2)26-20-15(10-22-26)14(9-17(24-20)13-7-8-13)21(28)25-11-19(27)23-16-5-3-4-6-18(16)25/h3-6,9-10,12-13H,7-8,11H2,1-2H3,(H,23,27). The lowest BCUT2D eigenvalue weighted by Gasteiger charge is -2.29. The van der Waals surface area contributed by atoms with Gasteiger partial charge in [0.2, 0.25) is 5.91 Å². The molecule has 0 bridgehead atoms. The monoisotopic (exact) mass is 375 g/mol. The molecule has 0 unspecified atom stereocenters.